The van der Waals surface area contributed by atoms with Gasteiger partial charge in [0.1, 0.15) is 6.04 Å². The first kappa shape index (κ1) is 23.4. The number of hydrogen-bond acceptors (Lipinski definition) is 6. The van der Waals surface area contributed by atoms with Crippen LogP contribution in [0.1, 0.15) is 60.9 Å². The van der Waals surface area contributed by atoms with Crippen LogP contribution in [-0.2, 0) is 14.4 Å². The highest BCUT2D eigenvalue weighted by Crippen LogP contribution is 2.32. The van der Waals surface area contributed by atoms with E-state index in [2.05, 4.69) is 5.32 Å². The van der Waals surface area contributed by atoms with Crippen LogP contribution in [0.4, 0.5) is 0 Å². The zero-order chi connectivity index (χ0) is 23.1. The molecule has 9 heteroatoms. The molecule has 1 saturated heterocycles. The van der Waals surface area contributed by atoms with Gasteiger partial charge >= 0.3 is 0 Å². The predicted octanol–water partition coefficient (Wildman–Crippen LogP) is 1.85. The number of hydrogen-bond donors (Lipinski definition) is 2. The zero-order valence-corrected chi connectivity index (χ0v) is 17.9. The van der Waals surface area contributed by atoms with E-state index in [9.17, 15) is 24.4 Å². The van der Waals surface area contributed by atoms with Gasteiger partial charge in [0.15, 0.2) is 0 Å². The lowest BCUT2D eigenvalue weighted by molar-refractivity contribution is -0.158. The Labute approximate surface area is 186 Å². The molecule has 2 N–H and O–H groups in total. The molecule has 4 amide bonds. The second kappa shape index (κ2) is 10.9. The molecular weight excluding hydrogens is 412 g/mol. The lowest BCUT2D eigenvalue weighted by Gasteiger charge is -2.30. The van der Waals surface area contributed by atoms with Crippen molar-refractivity contribution in [2.75, 3.05) is 13.1 Å². The summed E-state index contributed by atoms with van der Waals surface area (Å²) in [6.07, 6.45) is 6.10. The van der Waals surface area contributed by atoms with Gasteiger partial charge in [-0.25, -0.2) is 5.06 Å². The Morgan fingerprint density at radius 2 is 2.00 bits per heavy atom. The number of benzene rings is 1. The molecule has 1 aromatic rings. The molecule has 1 aliphatic heterocycles. The van der Waals surface area contributed by atoms with Crippen LogP contribution in [0.3, 0.4) is 0 Å². The second-order valence-electron chi connectivity index (χ2n) is 8.51. The third-order valence-corrected chi connectivity index (χ3v) is 6.30. The number of rotatable bonds is 8. The Balaban J connectivity index is 1.69. The van der Waals surface area contributed by atoms with Crippen LogP contribution in [0.5, 0.6) is 0 Å². The molecule has 32 heavy (non-hydrogen) atoms. The van der Waals surface area contributed by atoms with Crippen LogP contribution >= 0.6 is 0 Å². The van der Waals surface area contributed by atoms with E-state index in [0.717, 1.165) is 25.7 Å². The zero-order valence-electron chi connectivity index (χ0n) is 17.9. The van der Waals surface area contributed by atoms with Crippen molar-refractivity contribution in [2.45, 2.75) is 51.0 Å². The fraction of sp³-hybridized carbons (Fsp3) is 0.522. The van der Waals surface area contributed by atoms with Gasteiger partial charge in [-0.3, -0.25) is 29.7 Å². The molecule has 0 bridgehead atoms. The molecule has 1 aliphatic carbocycles. The van der Waals surface area contributed by atoms with Gasteiger partial charge in [0.05, 0.1) is 24.1 Å². The molecule has 1 heterocycles. The highest BCUT2D eigenvalue weighted by Gasteiger charge is 2.39. The van der Waals surface area contributed by atoms with E-state index in [1.807, 2.05) is 6.07 Å². The average molecular weight is 441 g/mol. The summed E-state index contributed by atoms with van der Waals surface area (Å²) in [5.74, 6) is -1.73. The number of hydroxylamine groups is 2. The Morgan fingerprint density at radius 3 is 2.69 bits per heavy atom. The first-order chi connectivity index (χ1) is 15.4. The number of nitrogens with one attached hydrogen (secondary N) is 1. The molecule has 1 aromatic carbocycles. The topological polar surface area (TPSA) is 131 Å². The van der Waals surface area contributed by atoms with E-state index < -0.39 is 23.8 Å². The van der Waals surface area contributed by atoms with Gasteiger partial charge < -0.3 is 4.90 Å². The van der Waals surface area contributed by atoms with Crippen molar-refractivity contribution in [3.63, 3.8) is 0 Å². The molecule has 1 saturated carbocycles. The van der Waals surface area contributed by atoms with Crippen molar-refractivity contribution in [2.24, 2.45) is 11.8 Å². The Kier molecular flexibility index (Phi) is 7.95. The van der Waals surface area contributed by atoms with Crippen molar-refractivity contribution in [1.29, 1.82) is 5.26 Å². The SMILES string of the molecule is N#Cc1cccc(C(=O)NC(=O)[C@@H]2CCCN2C(=O)[C@H](CC2CCCC2)CN(O)C=O)c1. The number of imide groups is 1. The van der Waals surface area contributed by atoms with Gasteiger partial charge in [-0.2, -0.15) is 5.26 Å². The maximum Gasteiger partial charge on any atom is 0.257 e. The quantitative estimate of drug-likeness (QED) is 0.275. The molecular formula is C23H28N4O5. The summed E-state index contributed by atoms with van der Waals surface area (Å²) < 4.78 is 0. The number of amides is 4. The van der Waals surface area contributed by atoms with Gasteiger partial charge in [0.2, 0.25) is 18.2 Å². The number of carbonyl (C=O) groups excluding carboxylic acids is 4. The van der Waals surface area contributed by atoms with E-state index in [1.165, 1.54) is 17.0 Å². The van der Waals surface area contributed by atoms with Crippen molar-refractivity contribution < 1.29 is 24.4 Å². The number of carbonyl (C=O) groups is 4. The Hall–Kier alpha value is -3.25. The largest absolute Gasteiger partial charge is 0.330 e. The Bertz CT molecular complexity index is 906. The molecule has 2 atom stereocenters. The van der Waals surface area contributed by atoms with Gasteiger partial charge in [0.25, 0.3) is 5.91 Å². The molecule has 3 rings (SSSR count). The van der Waals surface area contributed by atoms with Gasteiger partial charge in [-0.05, 0) is 43.4 Å². The number of likely N-dealkylation sites (tertiary alicyclic amines) is 1. The van der Waals surface area contributed by atoms with Crippen LogP contribution in [0.15, 0.2) is 24.3 Å². The maximum atomic E-state index is 13.3. The van der Waals surface area contributed by atoms with E-state index >= 15 is 0 Å². The maximum absolute atomic E-state index is 13.3. The molecule has 0 radical (unpaired) electrons. The first-order valence-electron chi connectivity index (χ1n) is 11.0. The predicted molar refractivity (Wildman–Crippen MR) is 113 cm³/mol. The first-order valence-corrected chi connectivity index (χ1v) is 11.0. The smallest absolute Gasteiger partial charge is 0.257 e. The van der Waals surface area contributed by atoms with Crippen LogP contribution < -0.4 is 5.32 Å². The molecule has 2 aliphatic rings. The van der Waals surface area contributed by atoms with Crippen molar-refractivity contribution >= 4 is 24.1 Å². The minimum Gasteiger partial charge on any atom is -0.330 e. The molecule has 170 valence electrons. The van der Waals surface area contributed by atoms with Gasteiger partial charge in [-0.15, -0.1) is 0 Å². The van der Waals surface area contributed by atoms with Gasteiger partial charge in [0, 0.05) is 12.1 Å². The van der Waals surface area contributed by atoms with E-state index in [1.54, 1.807) is 12.1 Å². The lowest BCUT2D eigenvalue weighted by Crippen LogP contribution is -2.50. The average Bonchev–Trinajstić information content (AvgIpc) is 3.50. The Morgan fingerprint density at radius 1 is 1.25 bits per heavy atom. The highest BCUT2D eigenvalue weighted by atomic mass is 16.5. The normalized spacial score (nSPS) is 19.2. The standard InChI is InChI=1S/C23H28N4O5/c24-13-17-7-3-8-18(12-17)21(29)25-22(30)20-9-4-10-27(20)23(31)19(14-26(32)15-28)11-16-5-1-2-6-16/h3,7-8,12,15-16,19-20,32H,1-2,4-6,9-11,14H2,(H,25,29,30)/t19-,20+/m1/s1. The molecule has 0 spiro atoms. The molecule has 9 nitrogen and oxygen atoms in total. The van der Waals surface area contributed by atoms with Crippen LogP contribution in [-0.4, -0.2) is 58.4 Å². The van der Waals surface area contributed by atoms with Crippen LogP contribution in [0.25, 0.3) is 0 Å². The van der Waals surface area contributed by atoms with E-state index in [0.29, 0.717) is 42.4 Å². The summed E-state index contributed by atoms with van der Waals surface area (Å²) in [5, 5.41) is 21.5. The van der Waals surface area contributed by atoms with E-state index in [-0.39, 0.29) is 24.4 Å². The fourth-order valence-corrected chi connectivity index (χ4v) is 4.71. The summed E-state index contributed by atoms with van der Waals surface area (Å²) in [5.41, 5.74) is 0.496. The van der Waals surface area contributed by atoms with Crippen LogP contribution in [0.2, 0.25) is 0 Å². The monoisotopic (exact) mass is 440 g/mol. The summed E-state index contributed by atoms with van der Waals surface area (Å²) in [4.78, 5) is 51.0. The summed E-state index contributed by atoms with van der Waals surface area (Å²) in [6.45, 7) is 0.256. The van der Waals surface area contributed by atoms with Crippen LogP contribution in [0, 0.1) is 23.2 Å². The summed E-state index contributed by atoms with van der Waals surface area (Å²) in [7, 11) is 0. The van der Waals surface area contributed by atoms with Gasteiger partial charge in [-0.1, -0.05) is 31.7 Å². The number of nitrogens with zero attached hydrogens (tertiary/aromatic N) is 3. The third kappa shape index (κ3) is 5.71. The van der Waals surface area contributed by atoms with Crippen molar-refractivity contribution in [1.82, 2.24) is 15.3 Å². The minimum absolute atomic E-state index is 0.121. The van der Waals surface area contributed by atoms with Crippen molar-refractivity contribution in [3.8, 4) is 6.07 Å². The lowest BCUT2D eigenvalue weighted by atomic mass is 9.91. The minimum atomic E-state index is -0.792. The molecule has 0 aromatic heterocycles. The fourth-order valence-electron chi connectivity index (χ4n) is 4.71. The molecule has 0 unspecified atom stereocenters. The molecule has 2 fully saturated rings. The number of nitriles is 1. The third-order valence-electron chi connectivity index (χ3n) is 6.30. The summed E-state index contributed by atoms with van der Waals surface area (Å²) >= 11 is 0. The summed E-state index contributed by atoms with van der Waals surface area (Å²) in [6, 6.07) is 7.18. The van der Waals surface area contributed by atoms with Crippen molar-refractivity contribution in [3.05, 3.63) is 35.4 Å². The second-order valence-corrected chi connectivity index (χ2v) is 8.51. The highest BCUT2D eigenvalue weighted by molar-refractivity contribution is 6.07. The van der Waals surface area contributed by atoms with E-state index in [4.69, 9.17) is 5.26 Å².